The van der Waals surface area contributed by atoms with Crippen LogP contribution in [0.4, 0.5) is 0 Å². The van der Waals surface area contributed by atoms with Gasteiger partial charge in [0.25, 0.3) is 0 Å². The van der Waals surface area contributed by atoms with Crippen molar-refractivity contribution < 1.29 is 19.4 Å². The number of amides is 1. The predicted octanol–water partition coefficient (Wildman–Crippen LogP) is 2.09. The van der Waals surface area contributed by atoms with Crippen LogP contribution in [0.3, 0.4) is 0 Å². The smallest absolute Gasteiger partial charge is 0.326 e. The third kappa shape index (κ3) is 5.18. The molecular formula is C13H16ClNO4. The number of halogens is 1. The molecule has 1 atom stereocenters. The summed E-state index contributed by atoms with van der Waals surface area (Å²) in [6, 6.07) is 6.09. The van der Waals surface area contributed by atoms with E-state index in [4.69, 9.17) is 21.4 Å². The summed E-state index contributed by atoms with van der Waals surface area (Å²) >= 11 is 5.88. The third-order valence-corrected chi connectivity index (χ3v) is 2.78. The highest BCUT2D eigenvalue weighted by molar-refractivity contribution is 6.32. The van der Waals surface area contributed by atoms with Gasteiger partial charge in [0.2, 0.25) is 5.91 Å². The Morgan fingerprint density at radius 1 is 1.42 bits per heavy atom. The first kappa shape index (κ1) is 15.3. The summed E-state index contributed by atoms with van der Waals surface area (Å²) in [4.78, 5) is 22.2. The molecule has 0 fully saturated rings. The Bertz CT molecular complexity index is 450. The van der Waals surface area contributed by atoms with Crippen molar-refractivity contribution in [2.45, 2.75) is 25.8 Å². The highest BCUT2D eigenvalue weighted by atomic mass is 35.5. The van der Waals surface area contributed by atoms with Gasteiger partial charge in [0.1, 0.15) is 11.8 Å². The van der Waals surface area contributed by atoms with Gasteiger partial charge in [-0.3, -0.25) is 4.79 Å². The number of hydrogen-bond donors (Lipinski definition) is 2. The summed E-state index contributed by atoms with van der Waals surface area (Å²) in [6.07, 6.45) is 0.418. The van der Waals surface area contributed by atoms with E-state index in [1.54, 1.807) is 31.2 Å². The molecule has 0 saturated heterocycles. The number of benzene rings is 1. The fourth-order valence-electron chi connectivity index (χ4n) is 1.42. The molecule has 1 aromatic carbocycles. The van der Waals surface area contributed by atoms with Gasteiger partial charge in [-0.2, -0.15) is 0 Å². The molecule has 1 aromatic rings. The number of carboxylic acid groups (broad SMARTS) is 1. The van der Waals surface area contributed by atoms with Crippen molar-refractivity contribution in [2.75, 3.05) is 6.61 Å². The predicted molar refractivity (Wildman–Crippen MR) is 71.4 cm³/mol. The fourth-order valence-corrected chi connectivity index (χ4v) is 1.61. The number of ether oxygens (including phenoxy) is 1. The van der Waals surface area contributed by atoms with Gasteiger partial charge in [-0.05, 0) is 18.6 Å². The number of hydrogen-bond acceptors (Lipinski definition) is 3. The molecule has 0 bridgehead atoms. The number of rotatable bonds is 7. The minimum atomic E-state index is -1.04. The van der Waals surface area contributed by atoms with Crippen LogP contribution in [0.1, 0.15) is 19.8 Å². The third-order valence-electron chi connectivity index (χ3n) is 2.46. The normalized spacial score (nSPS) is 11.7. The molecule has 0 heterocycles. The molecule has 0 aliphatic carbocycles. The van der Waals surface area contributed by atoms with Crippen LogP contribution >= 0.6 is 11.6 Å². The van der Waals surface area contributed by atoms with Gasteiger partial charge in [0, 0.05) is 0 Å². The van der Waals surface area contributed by atoms with Crippen molar-refractivity contribution in [3.05, 3.63) is 29.3 Å². The van der Waals surface area contributed by atoms with Gasteiger partial charge >= 0.3 is 5.97 Å². The highest BCUT2D eigenvalue weighted by Gasteiger charge is 2.17. The van der Waals surface area contributed by atoms with Crippen molar-refractivity contribution in [3.8, 4) is 5.75 Å². The number of carboxylic acids is 1. The second kappa shape index (κ2) is 7.63. The summed E-state index contributed by atoms with van der Waals surface area (Å²) in [5, 5.41) is 11.7. The van der Waals surface area contributed by atoms with E-state index in [1.807, 2.05) is 0 Å². The van der Waals surface area contributed by atoms with Gasteiger partial charge < -0.3 is 15.2 Å². The zero-order valence-electron chi connectivity index (χ0n) is 10.6. The SMILES string of the molecule is CC[C@H](NC(=O)CCOc1ccccc1Cl)C(=O)O. The Hall–Kier alpha value is -1.75. The van der Waals surface area contributed by atoms with E-state index < -0.39 is 12.0 Å². The lowest BCUT2D eigenvalue weighted by Crippen LogP contribution is -2.40. The van der Waals surface area contributed by atoms with Crippen LogP contribution < -0.4 is 10.1 Å². The zero-order chi connectivity index (χ0) is 14.3. The fraction of sp³-hybridized carbons (Fsp3) is 0.385. The van der Waals surface area contributed by atoms with E-state index >= 15 is 0 Å². The van der Waals surface area contributed by atoms with Gasteiger partial charge in [-0.15, -0.1) is 0 Å². The quantitative estimate of drug-likeness (QED) is 0.804. The van der Waals surface area contributed by atoms with Gasteiger partial charge in [-0.25, -0.2) is 4.79 Å². The second-order valence-corrected chi connectivity index (χ2v) is 4.30. The van der Waals surface area contributed by atoms with Crippen molar-refractivity contribution in [2.24, 2.45) is 0 Å². The molecule has 1 amide bonds. The second-order valence-electron chi connectivity index (χ2n) is 3.90. The maximum absolute atomic E-state index is 11.5. The molecule has 0 aromatic heterocycles. The Morgan fingerprint density at radius 3 is 2.68 bits per heavy atom. The van der Waals surface area contributed by atoms with E-state index in [0.717, 1.165) is 0 Å². The first-order valence-electron chi connectivity index (χ1n) is 5.94. The summed E-state index contributed by atoms with van der Waals surface area (Å²) in [5.74, 6) is -0.897. The van der Waals surface area contributed by atoms with Crippen LogP contribution in [0, 0.1) is 0 Å². The van der Waals surface area contributed by atoms with Crippen LogP contribution in [0.5, 0.6) is 5.75 Å². The molecule has 19 heavy (non-hydrogen) atoms. The molecule has 2 N–H and O–H groups in total. The van der Waals surface area contributed by atoms with E-state index in [1.165, 1.54) is 0 Å². The van der Waals surface area contributed by atoms with Gasteiger partial charge in [0.05, 0.1) is 18.1 Å². The van der Waals surface area contributed by atoms with E-state index in [9.17, 15) is 9.59 Å². The Kier molecular flexibility index (Phi) is 6.15. The topological polar surface area (TPSA) is 75.6 Å². The lowest BCUT2D eigenvalue weighted by Gasteiger charge is -2.12. The van der Waals surface area contributed by atoms with Gasteiger partial charge in [0.15, 0.2) is 0 Å². The molecule has 1 rings (SSSR count). The van der Waals surface area contributed by atoms with Gasteiger partial charge in [-0.1, -0.05) is 30.7 Å². The van der Waals surface area contributed by atoms with Crippen LogP contribution in [0.25, 0.3) is 0 Å². The molecule has 0 spiro atoms. The van der Waals surface area contributed by atoms with Crippen molar-refractivity contribution in [1.82, 2.24) is 5.32 Å². The van der Waals surface area contributed by atoms with E-state index in [0.29, 0.717) is 17.2 Å². The number of nitrogens with one attached hydrogen (secondary N) is 1. The maximum Gasteiger partial charge on any atom is 0.326 e. The van der Waals surface area contributed by atoms with E-state index in [2.05, 4.69) is 5.32 Å². The van der Waals surface area contributed by atoms with Crippen LogP contribution in [0.15, 0.2) is 24.3 Å². The summed E-state index contributed by atoms with van der Waals surface area (Å²) in [6.45, 7) is 1.84. The number of carbonyl (C=O) groups is 2. The first-order chi connectivity index (χ1) is 9.04. The standard InChI is InChI=1S/C13H16ClNO4/c1-2-10(13(17)18)15-12(16)7-8-19-11-6-4-3-5-9(11)14/h3-6,10H,2,7-8H2,1H3,(H,15,16)(H,17,18)/t10-/m0/s1. The minimum absolute atomic E-state index is 0.0784. The first-order valence-corrected chi connectivity index (χ1v) is 6.32. The Morgan fingerprint density at radius 2 is 2.11 bits per heavy atom. The minimum Gasteiger partial charge on any atom is -0.491 e. The lowest BCUT2D eigenvalue weighted by molar-refractivity contribution is -0.142. The Balaban J connectivity index is 2.35. The molecule has 0 radical (unpaired) electrons. The Labute approximate surface area is 116 Å². The summed E-state index contributed by atoms with van der Waals surface area (Å²) in [5.41, 5.74) is 0. The number of para-hydroxylation sites is 1. The molecule has 5 nitrogen and oxygen atoms in total. The van der Waals surface area contributed by atoms with Crippen molar-refractivity contribution in [1.29, 1.82) is 0 Å². The summed E-state index contributed by atoms with van der Waals surface area (Å²) in [7, 11) is 0. The maximum atomic E-state index is 11.5. The van der Waals surface area contributed by atoms with Crippen LogP contribution in [0.2, 0.25) is 5.02 Å². The molecular weight excluding hydrogens is 270 g/mol. The summed E-state index contributed by atoms with van der Waals surface area (Å²) < 4.78 is 5.34. The number of aliphatic carboxylic acids is 1. The van der Waals surface area contributed by atoms with Crippen LogP contribution in [-0.4, -0.2) is 29.6 Å². The van der Waals surface area contributed by atoms with Crippen LogP contribution in [-0.2, 0) is 9.59 Å². The average Bonchev–Trinajstić information content (AvgIpc) is 2.38. The molecule has 0 unspecified atom stereocenters. The molecule has 0 aliphatic rings. The number of carbonyl (C=O) groups excluding carboxylic acids is 1. The average molecular weight is 286 g/mol. The van der Waals surface area contributed by atoms with Crippen molar-refractivity contribution in [3.63, 3.8) is 0 Å². The van der Waals surface area contributed by atoms with E-state index in [-0.39, 0.29) is 18.9 Å². The molecule has 0 aliphatic heterocycles. The largest absolute Gasteiger partial charge is 0.491 e. The van der Waals surface area contributed by atoms with Crippen molar-refractivity contribution >= 4 is 23.5 Å². The molecule has 0 saturated carbocycles. The zero-order valence-corrected chi connectivity index (χ0v) is 11.3. The lowest BCUT2D eigenvalue weighted by atomic mass is 10.2. The highest BCUT2D eigenvalue weighted by Crippen LogP contribution is 2.22. The molecule has 104 valence electrons. The molecule has 6 heteroatoms. The monoisotopic (exact) mass is 285 g/mol.